The molecule has 14 heavy (non-hydrogen) atoms. The minimum atomic E-state index is 0.573. The Morgan fingerprint density at radius 3 is 2.93 bits per heavy atom. The standard InChI is InChI=1S/C11H20N2S/c1-10(12-2)9-13(3)7-6-11-5-4-8-14-11/h4-5,8,10,12H,6-7,9H2,1-3H3. The van der Waals surface area contributed by atoms with Gasteiger partial charge in [-0.25, -0.2) is 0 Å². The number of rotatable bonds is 6. The molecule has 0 amide bonds. The number of thiophene rings is 1. The molecule has 0 radical (unpaired) electrons. The third-order valence-corrected chi connectivity index (χ3v) is 3.33. The van der Waals surface area contributed by atoms with Gasteiger partial charge in [-0.15, -0.1) is 11.3 Å². The Labute approximate surface area is 90.9 Å². The van der Waals surface area contributed by atoms with Gasteiger partial charge in [-0.2, -0.15) is 0 Å². The van der Waals surface area contributed by atoms with Gasteiger partial charge in [-0.05, 0) is 38.9 Å². The molecule has 0 aliphatic carbocycles. The molecular formula is C11H20N2S. The summed E-state index contributed by atoms with van der Waals surface area (Å²) in [6.07, 6.45) is 1.17. The summed E-state index contributed by atoms with van der Waals surface area (Å²) in [6.45, 7) is 4.47. The molecule has 0 bridgehead atoms. The van der Waals surface area contributed by atoms with Crippen molar-refractivity contribution < 1.29 is 0 Å². The van der Waals surface area contributed by atoms with Crippen LogP contribution in [0, 0.1) is 0 Å². The second-order valence-corrected chi connectivity index (χ2v) is 4.81. The highest BCUT2D eigenvalue weighted by Gasteiger charge is 2.04. The molecule has 1 unspecified atom stereocenters. The molecule has 0 fully saturated rings. The zero-order valence-corrected chi connectivity index (χ0v) is 10.1. The van der Waals surface area contributed by atoms with E-state index in [0.29, 0.717) is 6.04 Å². The van der Waals surface area contributed by atoms with Crippen molar-refractivity contribution in [2.75, 3.05) is 27.2 Å². The average Bonchev–Trinajstić information content (AvgIpc) is 2.67. The quantitative estimate of drug-likeness (QED) is 0.774. The van der Waals surface area contributed by atoms with Crippen molar-refractivity contribution in [1.82, 2.24) is 10.2 Å². The summed E-state index contributed by atoms with van der Waals surface area (Å²) in [5, 5.41) is 5.39. The van der Waals surface area contributed by atoms with Crippen LogP contribution in [-0.4, -0.2) is 38.1 Å². The molecule has 1 aromatic rings. The Morgan fingerprint density at radius 2 is 2.36 bits per heavy atom. The topological polar surface area (TPSA) is 15.3 Å². The van der Waals surface area contributed by atoms with Crippen LogP contribution in [0.15, 0.2) is 17.5 Å². The second kappa shape index (κ2) is 6.17. The van der Waals surface area contributed by atoms with Crippen LogP contribution >= 0.6 is 11.3 Å². The lowest BCUT2D eigenvalue weighted by Crippen LogP contribution is -2.36. The molecule has 0 spiro atoms. The van der Waals surface area contributed by atoms with Crippen LogP contribution in [0.25, 0.3) is 0 Å². The van der Waals surface area contributed by atoms with Crippen molar-refractivity contribution in [3.8, 4) is 0 Å². The first kappa shape index (κ1) is 11.7. The zero-order valence-electron chi connectivity index (χ0n) is 9.29. The van der Waals surface area contributed by atoms with Crippen LogP contribution in [0.1, 0.15) is 11.8 Å². The SMILES string of the molecule is CNC(C)CN(C)CCc1cccs1. The molecule has 0 aliphatic rings. The maximum Gasteiger partial charge on any atom is 0.0163 e. The highest BCUT2D eigenvalue weighted by Crippen LogP contribution is 2.09. The molecule has 0 aromatic carbocycles. The van der Waals surface area contributed by atoms with Gasteiger partial charge in [-0.3, -0.25) is 0 Å². The predicted octanol–water partition coefficient (Wildman–Crippen LogP) is 1.83. The lowest BCUT2D eigenvalue weighted by Gasteiger charge is -2.20. The highest BCUT2D eigenvalue weighted by atomic mass is 32.1. The fraction of sp³-hybridized carbons (Fsp3) is 0.636. The van der Waals surface area contributed by atoms with Gasteiger partial charge in [0.05, 0.1) is 0 Å². The fourth-order valence-corrected chi connectivity index (χ4v) is 2.10. The molecule has 2 nitrogen and oxygen atoms in total. The Balaban J connectivity index is 2.18. The van der Waals surface area contributed by atoms with Crippen LogP contribution in [0.4, 0.5) is 0 Å². The Bertz CT molecular complexity index is 233. The maximum absolute atomic E-state index is 3.25. The van der Waals surface area contributed by atoms with Gasteiger partial charge in [0.15, 0.2) is 0 Å². The van der Waals surface area contributed by atoms with Crippen LogP contribution in [0.3, 0.4) is 0 Å². The monoisotopic (exact) mass is 212 g/mol. The van der Waals surface area contributed by atoms with Gasteiger partial charge in [-0.1, -0.05) is 6.07 Å². The average molecular weight is 212 g/mol. The van der Waals surface area contributed by atoms with Crippen molar-refractivity contribution >= 4 is 11.3 Å². The number of nitrogens with zero attached hydrogens (tertiary/aromatic N) is 1. The van der Waals surface area contributed by atoms with Gasteiger partial charge in [0.25, 0.3) is 0 Å². The molecule has 1 atom stereocenters. The molecule has 1 heterocycles. The summed E-state index contributed by atoms with van der Waals surface area (Å²) in [4.78, 5) is 3.86. The first-order valence-electron chi connectivity index (χ1n) is 5.10. The van der Waals surface area contributed by atoms with E-state index in [2.05, 4.69) is 41.7 Å². The van der Waals surface area contributed by atoms with Crippen LogP contribution in [-0.2, 0) is 6.42 Å². The zero-order chi connectivity index (χ0) is 10.4. The summed E-state index contributed by atoms with van der Waals surface area (Å²) in [6, 6.07) is 4.90. The van der Waals surface area contributed by atoms with Gasteiger partial charge in [0.1, 0.15) is 0 Å². The van der Waals surface area contributed by atoms with Gasteiger partial charge < -0.3 is 10.2 Å². The number of hydrogen-bond acceptors (Lipinski definition) is 3. The number of likely N-dealkylation sites (N-methyl/N-ethyl adjacent to an activating group) is 2. The van der Waals surface area contributed by atoms with Crippen molar-refractivity contribution in [3.05, 3.63) is 22.4 Å². The van der Waals surface area contributed by atoms with Crippen molar-refractivity contribution in [3.63, 3.8) is 0 Å². The van der Waals surface area contributed by atoms with E-state index in [0.717, 1.165) is 13.1 Å². The summed E-state index contributed by atoms with van der Waals surface area (Å²) >= 11 is 1.85. The molecule has 0 aliphatic heterocycles. The molecule has 3 heteroatoms. The molecule has 1 N–H and O–H groups in total. The van der Waals surface area contributed by atoms with Crippen LogP contribution < -0.4 is 5.32 Å². The molecule has 0 saturated carbocycles. The Kier molecular flexibility index (Phi) is 5.15. The number of hydrogen-bond donors (Lipinski definition) is 1. The molecular weight excluding hydrogens is 192 g/mol. The highest BCUT2D eigenvalue weighted by molar-refractivity contribution is 7.09. The third-order valence-electron chi connectivity index (χ3n) is 2.40. The summed E-state index contributed by atoms with van der Waals surface area (Å²) in [5.74, 6) is 0. The summed E-state index contributed by atoms with van der Waals surface area (Å²) in [5.41, 5.74) is 0. The maximum atomic E-state index is 3.25. The lowest BCUT2D eigenvalue weighted by molar-refractivity contribution is 0.307. The molecule has 1 aromatic heterocycles. The smallest absolute Gasteiger partial charge is 0.0163 e. The van der Waals surface area contributed by atoms with E-state index >= 15 is 0 Å². The van der Waals surface area contributed by atoms with Crippen molar-refractivity contribution in [2.24, 2.45) is 0 Å². The third kappa shape index (κ3) is 4.22. The van der Waals surface area contributed by atoms with E-state index in [1.807, 2.05) is 18.4 Å². The van der Waals surface area contributed by atoms with Crippen molar-refractivity contribution in [2.45, 2.75) is 19.4 Å². The molecule has 0 saturated heterocycles. The summed E-state index contributed by atoms with van der Waals surface area (Å²) < 4.78 is 0. The van der Waals surface area contributed by atoms with Crippen molar-refractivity contribution in [1.29, 1.82) is 0 Å². The van der Waals surface area contributed by atoms with Crippen LogP contribution in [0.5, 0.6) is 0 Å². The first-order valence-corrected chi connectivity index (χ1v) is 5.98. The minimum Gasteiger partial charge on any atom is -0.316 e. The van der Waals surface area contributed by atoms with E-state index in [9.17, 15) is 0 Å². The summed E-state index contributed by atoms with van der Waals surface area (Å²) in [7, 11) is 4.19. The van der Waals surface area contributed by atoms with E-state index in [1.54, 1.807) is 0 Å². The van der Waals surface area contributed by atoms with Gasteiger partial charge >= 0.3 is 0 Å². The first-order chi connectivity index (χ1) is 6.72. The number of nitrogens with one attached hydrogen (secondary N) is 1. The minimum absolute atomic E-state index is 0.573. The second-order valence-electron chi connectivity index (χ2n) is 3.78. The van der Waals surface area contributed by atoms with E-state index in [1.165, 1.54) is 11.3 Å². The van der Waals surface area contributed by atoms with Gasteiger partial charge in [0, 0.05) is 24.0 Å². The predicted molar refractivity (Wildman–Crippen MR) is 64.0 cm³/mol. The largest absolute Gasteiger partial charge is 0.316 e. The lowest BCUT2D eigenvalue weighted by atomic mass is 10.3. The fourth-order valence-electron chi connectivity index (χ4n) is 1.41. The van der Waals surface area contributed by atoms with Gasteiger partial charge in [0.2, 0.25) is 0 Å². The van der Waals surface area contributed by atoms with E-state index < -0.39 is 0 Å². The Hall–Kier alpha value is -0.380. The van der Waals surface area contributed by atoms with Crippen LogP contribution in [0.2, 0.25) is 0 Å². The van der Waals surface area contributed by atoms with E-state index in [4.69, 9.17) is 0 Å². The molecule has 80 valence electrons. The van der Waals surface area contributed by atoms with E-state index in [-0.39, 0.29) is 0 Å². The Morgan fingerprint density at radius 1 is 1.57 bits per heavy atom. The molecule has 1 rings (SSSR count). The normalized spacial score (nSPS) is 13.4.